The molecule has 1 aliphatic rings. The number of aromatic nitrogens is 3. The Morgan fingerprint density at radius 1 is 1.10 bits per heavy atom. The summed E-state index contributed by atoms with van der Waals surface area (Å²) in [4.78, 5) is 14.9. The van der Waals surface area contributed by atoms with Gasteiger partial charge in [-0.2, -0.15) is 0 Å². The van der Waals surface area contributed by atoms with E-state index in [2.05, 4.69) is 64.0 Å². The van der Waals surface area contributed by atoms with Gasteiger partial charge in [-0.1, -0.05) is 57.7 Å². The predicted octanol–water partition coefficient (Wildman–Crippen LogP) is 6.79. The largest absolute Gasteiger partial charge is 0.362 e. The fourth-order valence-electron chi connectivity index (χ4n) is 5.25. The number of H-pyrrole nitrogens is 1. The number of hydrogen-bond acceptors (Lipinski definition) is 3. The number of hydrogen-bond donors (Lipinski definition) is 1. The van der Waals surface area contributed by atoms with Crippen molar-refractivity contribution in [2.75, 3.05) is 4.90 Å². The average molecular weight is 417 g/mol. The molecule has 1 saturated carbocycles. The van der Waals surface area contributed by atoms with E-state index in [1.54, 1.807) is 6.33 Å². The van der Waals surface area contributed by atoms with E-state index in [0.717, 1.165) is 31.0 Å². The molecular formula is C27H36N4. The molecule has 0 aliphatic heterocycles. The first-order valence-electron chi connectivity index (χ1n) is 12.1. The van der Waals surface area contributed by atoms with Crippen molar-refractivity contribution in [3.63, 3.8) is 0 Å². The maximum atomic E-state index is 4.65. The Labute approximate surface area is 187 Å². The Morgan fingerprint density at radius 3 is 2.65 bits per heavy atom. The maximum Gasteiger partial charge on any atom is 0.0922 e. The van der Waals surface area contributed by atoms with E-state index in [-0.39, 0.29) is 0 Å². The highest BCUT2D eigenvalue weighted by atomic mass is 15.2. The zero-order chi connectivity index (χ0) is 21.5. The molecule has 0 bridgehead atoms. The molecule has 0 radical (unpaired) electrons. The molecule has 4 rings (SSSR count). The fourth-order valence-corrected chi connectivity index (χ4v) is 5.25. The second kappa shape index (κ2) is 10.6. The quantitative estimate of drug-likeness (QED) is 0.396. The average Bonchev–Trinajstić information content (AvgIpc) is 3.53. The molecule has 164 valence electrons. The molecule has 2 aromatic heterocycles. The van der Waals surface area contributed by atoms with Crippen LogP contribution in [-0.2, 0) is 13.0 Å². The number of nitrogens with zero attached hydrogens (tertiary/aromatic N) is 3. The topological polar surface area (TPSA) is 44.8 Å². The smallest absolute Gasteiger partial charge is 0.0922 e. The summed E-state index contributed by atoms with van der Waals surface area (Å²) < 4.78 is 0. The van der Waals surface area contributed by atoms with Crippen LogP contribution in [0.1, 0.15) is 70.1 Å². The molecule has 3 aromatic rings. The number of pyridine rings is 1. The lowest BCUT2D eigenvalue weighted by Gasteiger charge is -2.35. The molecule has 1 N–H and O–H groups in total. The Hall–Kier alpha value is -2.62. The molecule has 1 aromatic carbocycles. The molecule has 1 fully saturated rings. The summed E-state index contributed by atoms with van der Waals surface area (Å²) in [5.41, 5.74) is 6.21. The van der Waals surface area contributed by atoms with Crippen LogP contribution in [0.3, 0.4) is 0 Å². The molecule has 0 amide bonds. The van der Waals surface area contributed by atoms with Crippen LogP contribution >= 0.6 is 0 Å². The van der Waals surface area contributed by atoms with Crippen molar-refractivity contribution in [3.8, 4) is 11.3 Å². The summed E-state index contributed by atoms with van der Waals surface area (Å²) in [5.74, 6) is 0.925. The van der Waals surface area contributed by atoms with E-state index in [1.807, 2.05) is 18.5 Å². The van der Waals surface area contributed by atoms with Crippen molar-refractivity contribution in [2.24, 2.45) is 5.92 Å². The van der Waals surface area contributed by atoms with Crippen LogP contribution < -0.4 is 4.90 Å². The second-order valence-corrected chi connectivity index (χ2v) is 8.87. The van der Waals surface area contributed by atoms with E-state index in [0.29, 0.717) is 6.04 Å². The van der Waals surface area contributed by atoms with Crippen LogP contribution in [0.4, 0.5) is 5.69 Å². The van der Waals surface area contributed by atoms with Crippen molar-refractivity contribution >= 4 is 5.69 Å². The highest BCUT2D eigenvalue weighted by Crippen LogP contribution is 2.36. The fraction of sp³-hybridized carbons (Fsp3) is 0.481. The number of imidazole rings is 1. The van der Waals surface area contributed by atoms with E-state index in [4.69, 9.17) is 0 Å². The van der Waals surface area contributed by atoms with Crippen LogP contribution in [-0.4, -0.2) is 21.0 Å². The molecule has 1 atom stereocenters. The van der Waals surface area contributed by atoms with Gasteiger partial charge in [-0.3, -0.25) is 4.98 Å². The van der Waals surface area contributed by atoms with Gasteiger partial charge in [0.05, 0.1) is 24.3 Å². The third-order valence-corrected chi connectivity index (χ3v) is 6.95. The van der Waals surface area contributed by atoms with Crippen molar-refractivity contribution in [3.05, 3.63) is 66.4 Å². The Balaban J connectivity index is 1.68. The summed E-state index contributed by atoms with van der Waals surface area (Å²) in [5, 5.41) is 0. The number of nitrogens with one attached hydrogen (secondary N) is 1. The molecular weight excluding hydrogens is 380 g/mol. The first-order chi connectivity index (χ1) is 15.3. The minimum atomic E-state index is 0.521. The number of aromatic amines is 1. The Bertz CT molecular complexity index is 914. The minimum Gasteiger partial charge on any atom is -0.362 e. The van der Waals surface area contributed by atoms with Crippen molar-refractivity contribution in [2.45, 2.75) is 77.8 Å². The molecule has 0 saturated heterocycles. The molecule has 2 heterocycles. The highest BCUT2D eigenvalue weighted by molar-refractivity contribution is 5.72. The SMILES string of the molecule is CCc1c(-c2ccccn2)cccc1N(Cc1cnc[nH]1)C(CC)CCC1CCCC1. The van der Waals surface area contributed by atoms with E-state index in [1.165, 1.54) is 61.0 Å². The van der Waals surface area contributed by atoms with Gasteiger partial charge in [0.15, 0.2) is 0 Å². The van der Waals surface area contributed by atoms with Crippen molar-refractivity contribution < 1.29 is 0 Å². The van der Waals surface area contributed by atoms with Crippen LogP contribution in [0.2, 0.25) is 0 Å². The zero-order valence-corrected chi connectivity index (χ0v) is 19.1. The summed E-state index contributed by atoms with van der Waals surface area (Å²) in [6, 6.07) is 13.4. The summed E-state index contributed by atoms with van der Waals surface area (Å²) in [6.45, 7) is 5.47. The lowest BCUT2D eigenvalue weighted by molar-refractivity contribution is 0.425. The van der Waals surface area contributed by atoms with Gasteiger partial charge >= 0.3 is 0 Å². The zero-order valence-electron chi connectivity index (χ0n) is 19.1. The van der Waals surface area contributed by atoms with Gasteiger partial charge in [0.2, 0.25) is 0 Å². The number of anilines is 1. The predicted molar refractivity (Wildman–Crippen MR) is 129 cm³/mol. The van der Waals surface area contributed by atoms with E-state index in [9.17, 15) is 0 Å². The highest BCUT2D eigenvalue weighted by Gasteiger charge is 2.24. The maximum absolute atomic E-state index is 4.65. The lowest BCUT2D eigenvalue weighted by Crippen LogP contribution is -2.35. The first-order valence-corrected chi connectivity index (χ1v) is 12.1. The van der Waals surface area contributed by atoms with Gasteiger partial charge in [0.25, 0.3) is 0 Å². The lowest BCUT2D eigenvalue weighted by atomic mass is 9.94. The van der Waals surface area contributed by atoms with Crippen LogP contribution in [0, 0.1) is 5.92 Å². The summed E-state index contributed by atoms with van der Waals surface area (Å²) >= 11 is 0. The Morgan fingerprint density at radius 2 is 1.97 bits per heavy atom. The standard InChI is InChI=1S/C27H36N4/c1-3-23(16-15-21-10-5-6-11-21)31(19-22-18-28-20-30-22)27-14-9-12-25(24(27)4-2)26-13-7-8-17-29-26/h7-9,12-14,17-18,20-21,23H,3-6,10-11,15-16,19H2,1-2H3,(H,28,30). The number of rotatable bonds is 10. The van der Waals surface area contributed by atoms with Gasteiger partial charge in [-0.25, -0.2) is 4.98 Å². The third-order valence-electron chi connectivity index (χ3n) is 6.95. The third kappa shape index (κ3) is 5.17. The van der Waals surface area contributed by atoms with Gasteiger partial charge in [-0.05, 0) is 55.4 Å². The molecule has 1 unspecified atom stereocenters. The summed E-state index contributed by atoms with van der Waals surface area (Å²) in [6.07, 6.45) is 16.1. The van der Waals surface area contributed by atoms with Gasteiger partial charge in [0, 0.05) is 29.7 Å². The normalized spacial score (nSPS) is 15.3. The van der Waals surface area contributed by atoms with E-state index >= 15 is 0 Å². The minimum absolute atomic E-state index is 0.521. The number of benzene rings is 1. The molecule has 4 nitrogen and oxygen atoms in total. The van der Waals surface area contributed by atoms with Gasteiger partial charge in [-0.15, -0.1) is 0 Å². The van der Waals surface area contributed by atoms with E-state index < -0.39 is 0 Å². The molecule has 31 heavy (non-hydrogen) atoms. The van der Waals surface area contributed by atoms with Crippen LogP contribution in [0.5, 0.6) is 0 Å². The van der Waals surface area contributed by atoms with Crippen molar-refractivity contribution in [1.29, 1.82) is 0 Å². The molecule has 4 heteroatoms. The first kappa shape index (κ1) is 21.6. The van der Waals surface area contributed by atoms with Gasteiger partial charge < -0.3 is 9.88 Å². The monoisotopic (exact) mass is 416 g/mol. The van der Waals surface area contributed by atoms with Crippen molar-refractivity contribution in [1.82, 2.24) is 15.0 Å². The van der Waals surface area contributed by atoms with Crippen LogP contribution in [0.25, 0.3) is 11.3 Å². The van der Waals surface area contributed by atoms with Gasteiger partial charge in [0.1, 0.15) is 0 Å². The second-order valence-electron chi connectivity index (χ2n) is 8.87. The Kier molecular flexibility index (Phi) is 7.39. The molecule has 0 spiro atoms. The molecule has 1 aliphatic carbocycles. The van der Waals surface area contributed by atoms with Crippen LogP contribution in [0.15, 0.2) is 55.1 Å². The summed E-state index contributed by atoms with van der Waals surface area (Å²) in [7, 11) is 0.